The first-order valence-electron chi connectivity index (χ1n) is 4.49. The molecule has 3 N–H and O–H groups in total. The van der Waals surface area contributed by atoms with E-state index in [0.717, 1.165) is 12.5 Å². The van der Waals surface area contributed by atoms with Crippen molar-refractivity contribution >= 4 is 34.8 Å². The van der Waals surface area contributed by atoms with Gasteiger partial charge in [-0.1, -0.05) is 34.8 Å². The van der Waals surface area contributed by atoms with E-state index in [-0.39, 0.29) is 0 Å². The fraction of sp³-hybridized carbons (Fsp3) is 1.00. The third-order valence-corrected chi connectivity index (χ3v) is 2.03. The molecule has 0 aromatic heterocycles. The van der Waals surface area contributed by atoms with Crippen LogP contribution in [0.25, 0.3) is 0 Å². The predicted molar refractivity (Wildman–Crippen MR) is 60.6 cm³/mol. The summed E-state index contributed by atoms with van der Waals surface area (Å²) in [5, 5.41) is 3.33. The van der Waals surface area contributed by atoms with Crippen LogP contribution in [0.15, 0.2) is 0 Å². The predicted octanol–water partition coefficient (Wildman–Crippen LogP) is 2.32. The lowest BCUT2D eigenvalue weighted by Gasteiger charge is -2.21. The molecule has 0 unspecified atom stereocenters. The van der Waals surface area contributed by atoms with Crippen LogP contribution in [-0.2, 0) is 0 Å². The number of nitrogens with two attached hydrogens (primary N) is 1. The number of halogens is 3. The van der Waals surface area contributed by atoms with Crippen LogP contribution in [0, 0.1) is 5.92 Å². The molecule has 0 aromatic carbocycles. The summed E-state index contributed by atoms with van der Waals surface area (Å²) in [6.45, 7) is 3.26. The first kappa shape index (κ1) is 13.8. The summed E-state index contributed by atoms with van der Waals surface area (Å²) in [5.41, 5.74) is 5.44. The Bertz CT molecular complexity index is 100. The number of nitrogens with one attached hydrogen (secondary N) is 1. The molecule has 2 nitrogen and oxygen atoms in total. The quantitative estimate of drug-likeness (QED) is 0.735. The molecule has 1 saturated heterocycles. The molecule has 1 rings (SSSR count). The standard InChI is InChI=1S/C7H16N2.CHCl3/c8-4-1-7-2-5-9-6-3-7;2-1(3)4/h7,9H,1-6,8H2;1H. The Morgan fingerprint density at radius 2 is 1.69 bits per heavy atom. The molecule has 0 aromatic rings. The van der Waals surface area contributed by atoms with Gasteiger partial charge in [-0.05, 0) is 44.8 Å². The fourth-order valence-corrected chi connectivity index (χ4v) is 1.41. The molecule has 0 amide bonds. The van der Waals surface area contributed by atoms with E-state index in [2.05, 4.69) is 5.32 Å². The highest BCUT2D eigenvalue weighted by atomic mass is 35.6. The Hall–Kier alpha value is 0.790. The molecular formula is C8H17Cl3N2. The summed E-state index contributed by atoms with van der Waals surface area (Å²) in [5.74, 6) is 0.913. The molecule has 1 aliphatic rings. The first-order chi connectivity index (χ1) is 6.16. The number of rotatable bonds is 2. The smallest absolute Gasteiger partial charge is 0.180 e. The minimum atomic E-state index is -0.750. The van der Waals surface area contributed by atoms with Gasteiger partial charge in [0, 0.05) is 0 Å². The van der Waals surface area contributed by atoms with Crippen LogP contribution in [0.1, 0.15) is 19.3 Å². The third-order valence-electron chi connectivity index (χ3n) is 2.03. The number of hydrogen-bond donors (Lipinski definition) is 2. The average Bonchev–Trinajstić information content (AvgIpc) is 2.06. The lowest BCUT2D eigenvalue weighted by Crippen LogP contribution is -2.28. The summed E-state index contributed by atoms with van der Waals surface area (Å²) >= 11 is 14.4. The Balaban J connectivity index is 0.000000310. The van der Waals surface area contributed by atoms with Crippen LogP contribution < -0.4 is 11.1 Å². The molecule has 0 atom stereocenters. The van der Waals surface area contributed by atoms with Crippen molar-refractivity contribution in [1.29, 1.82) is 0 Å². The Morgan fingerprint density at radius 1 is 1.23 bits per heavy atom. The van der Waals surface area contributed by atoms with Crippen molar-refractivity contribution in [2.75, 3.05) is 19.6 Å². The summed E-state index contributed by atoms with van der Waals surface area (Å²) in [6, 6.07) is 0. The van der Waals surface area contributed by atoms with E-state index >= 15 is 0 Å². The summed E-state index contributed by atoms with van der Waals surface area (Å²) in [6.07, 6.45) is 3.88. The van der Waals surface area contributed by atoms with Gasteiger partial charge in [-0.2, -0.15) is 0 Å². The van der Waals surface area contributed by atoms with Gasteiger partial charge in [-0.15, -0.1) is 0 Å². The van der Waals surface area contributed by atoms with E-state index in [9.17, 15) is 0 Å². The zero-order valence-electron chi connectivity index (χ0n) is 7.61. The number of alkyl halides is 3. The third kappa shape index (κ3) is 10.7. The molecule has 0 aliphatic carbocycles. The van der Waals surface area contributed by atoms with E-state index in [1.165, 1.54) is 32.4 Å². The number of piperidine rings is 1. The van der Waals surface area contributed by atoms with Crippen molar-refractivity contribution in [1.82, 2.24) is 5.32 Å². The number of hydrogen-bond acceptors (Lipinski definition) is 2. The van der Waals surface area contributed by atoms with Gasteiger partial charge in [0.1, 0.15) is 0 Å². The maximum absolute atomic E-state index is 5.44. The second kappa shape index (κ2) is 9.35. The maximum atomic E-state index is 5.44. The van der Waals surface area contributed by atoms with Crippen molar-refractivity contribution in [2.45, 2.75) is 23.6 Å². The zero-order valence-corrected chi connectivity index (χ0v) is 9.88. The van der Waals surface area contributed by atoms with Crippen LogP contribution in [0.3, 0.4) is 0 Å². The van der Waals surface area contributed by atoms with Crippen molar-refractivity contribution in [3.63, 3.8) is 0 Å². The molecule has 0 spiro atoms. The van der Waals surface area contributed by atoms with E-state index in [4.69, 9.17) is 40.5 Å². The van der Waals surface area contributed by atoms with Crippen LogP contribution in [0.2, 0.25) is 0 Å². The van der Waals surface area contributed by atoms with Crippen molar-refractivity contribution in [3.05, 3.63) is 0 Å². The Kier molecular flexibility index (Phi) is 9.92. The summed E-state index contributed by atoms with van der Waals surface area (Å²) < 4.78 is -0.750. The van der Waals surface area contributed by atoms with Crippen LogP contribution >= 0.6 is 34.8 Å². The van der Waals surface area contributed by atoms with Crippen LogP contribution in [-0.4, -0.2) is 23.9 Å². The van der Waals surface area contributed by atoms with Gasteiger partial charge in [0.15, 0.2) is 4.30 Å². The topological polar surface area (TPSA) is 38.0 Å². The summed E-state index contributed by atoms with van der Waals surface area (Å²) in [4.78, 5) is 0. The van der Waals surface area contributed by atoms with Gasteiger partial charge in [0.2, 0.25) is 0 Å². The molecule has 0 radical (unpaired) electrons. The van der Waals surface area contributed by atoms with Gasteiger partial charge < -0.3 is 11.1 Å². The van der Waals surface area contributed by atoms with Gasteiger partial charge >= 0.3 is 0 Å². The highest BCUT2D eigenvalue weighted by Crippen LogP contribution is 2.13. The van der Waals surface area contributed by atoms with Gasteiger partial charge in [0.05, 0.1) is 0 Å². The largest absolute Gasteiger partial charge is 0.330 e. The van der Waals surface area contributed by atoms with Crippen LogP contribution in [0.4, 0.5) is 0 Å². The van der Waals surface area contributed by atoms with E-state index in [1.807, 2.05) is 0 Å². The van der Waals surface area contributed by atoms with Crippen molar-refractivity contribution in [3.8, 4) is 0 Å². The van der Waals surface area contributed by atoms with E-state index < -0.39 is 4.30 Å². The molecule has 1 aliphatic heterocycles. The van der Waals surface area contributed by atoms with Crippen molar-refractivity contribution < 1.29 is 0 Å². The van der Waals surface area contributed by atoms with E-state index in [1.54, 1.807) is 0 Å². The Labute approximate surface area is 95.1 Å². The monoisotopic (exact) mass is 246 g/mol. The molecule has 0 bridgehead atoms. The first-order valence-corrected chi connectivity index (χ1v) is 5.80. The molecule has 5 heteroatoms. The minimum Gasteiger partial charge on any atom is -0.330 e. The molecule has 1 heterocycles. The zero-order chi connectivity index (χ0) is 10.1. The maximum Gasteiger partial charge on any atom is 0.180 e. The highest BCUT2D eigenvalue weighted by molar-refractivity contribution is 6.63. The normalized spacial score (nSPS) is 18.2. The molecule has 1 fully saturated rings. The van der Waals surface area contributed by atoms with Crippen molar-refractivity contribution in [2.24, 2.45) is 11.7 Å². The molecular weight excluding hydrogens is 230 g/mol. The summed E-state index contributed by atoms with van der Waals surface area (Å²) in [7, 11) is 0. The van der Waals surface area contributed by atoms with Crippen LogP contribution in [0.5, 0.6) is 0 Å². The fourth-order valence-electron chi connectivity index (χ4n) is 1.41. The highest BCUT2D eigenvalue weighted by Gasteiger charge is 2.10. The Morgan fingerprint density at radius 3 is 2.08 bits per heavy atom. The lowest BCUT2D eigenvalue weighted by molar-refractivity contribution is 0.358. The SMILES string of the molecule is ClC(Cl)Cl.NCCC1CCNCC1. The van der Waals surface area contributed by atoms with Gasteiger partial charge in [-0.25, -0.2) is 0 Å². The molecule has 13 heavy (non-hydrogen) atoms. The second-order valence-corrected chi connectivity index (χ2v) is 5.00. The van der Waals surface area contributed by atoms with Gasteiger partial charge in [0.25, 0.3) is 0 Å². The molecule has 80 valence electrons. The second-order valence-electron chi connectivity index (χ2n) is 3.02. The average molecular weight is 248 g/mol. The van der Waals surface area contributed by atoms with E-state index in [0.29, 0.717) is 0 Å². The molecule has 0 saturated carbocycles. The minimum absolute atomic E-state index is 0.750. The lowest BCUT2D eigenvalue weighted by atomic mass is 9.95. The van der Waals surface area contributed by atoms with Gasteiger partial charge in [-0.3, -0.25) is 0 Å².